The quantitative estimate of drug-likeness (QED) is 0.382. The minimum absolute atomic E-state index is 0.112. The first-order chi connectivity index (χ1) is 15.5. The summed E-state index contributed by atoms with van der Waals surface area (Å²) < 4.78 is 9.55. The van der Waals surface area contributed by atoms with Crippen LogP contribution >= 0.6 is 0 Å². The molecule has 1 aromatic carbocycles. The molecule has 1 aliphatic carbocycles. The smallest absolute Gasteiger partial charge is 0.338 e. The SMILES string of the molecule is Cn1cnc2c1c(=O)n(CCCOC(=O)c1ccc3[nH]c4c(c3c1)CCCC4)c(=O)n2C. The van der Waals surface area contributed by atoms with Gasteiger partial charge in [-0.05, 0) is 55.9 Å². The van der Waals surface area contributed by atoms with Crippen LogP contribution in [0.2, 0.25) is 0 Å². The van der Waals surface area contributed by atoms with Crippen molar-refractivity contribution in [2.45, 2.75) is 38.6 Å². The fraction of sp³-hybridized carbons (Fsp3) is 0.391. The number of aromatic amines is 1. The molecule has 166 valence electrons. The number of fused-ring (bicyclic) bond motifs is 4. The number of nitrogens with one attached hydrogen (secondary N) is 1. The maximum Gasteiger partial charge on any atom is 0.338 e. The van der Waals surface area contributed by atoms with Crippen molar-refractivity contribution >= 4 is 28.0 Å². The van der Waals surface area contributed by atoms with Gasteiger partial charge in [-0.2, -0.15) is 0 Å². The molecule has 0 aliphatic heterocycles. The highest BCUT2D eigenvalue weighted by Crippen LogP contribution is 2.29. The number of aromatic nitrogens is 5. The Morgan fingerprint density at radius 2 is 2.00 bits per heavy atom. The Kier molecular flexibility index (Phi) is 4.96. The number of aryl methyl sites for hydroxylation is 4. The zero-order valence-corrected chi connectivity index (χ0v) is 18.2. The summed E-state index contributed by atoms with van der Waals surface area (Å²) >= 11 is 0. The van der Waals surface area contributed by atoms with Crippen LogP contribution in [0, 0.1) is 0 Å². The minimum atomic E-state index is -0.435. The normalized spacial score (nSPS) is 13.6. The Hall–Kier alpha value is -3.62. The Bertz CT molecular complexity index is 1470. The van der Waals surface area contributed by atoms with E-state index in [-0.39, 0.29) is 13.2 Å². The number of benzene rings is 1. The summed E-state index contributed by atoms with van der Waals surface area (Å²) in [5.41, 5.74) is 4.03. The van der Waals surface area contributed by atoms with Gasteiger partial charge in [-0.15, -0.1) is 0 Å². The van der Waals surface area contributed by atoms with Gasteiger partial charge < -0.3 is 14.3 Å². The van der Waals surface area contributed by atoms with Crippen molar-refractivity contribution in [3.63, 3.8) is 0 Å². The lowest BCUT2D eigenvalue weighted by molar-refractivity contribution is 0.0495. The Labute approximate surface area is 183 Å². The third kappa shape index (κ3) is 3.24. The molecule has 0 fully saturated rings. The zero-order valence-electron chi connectivity index (χ0n) is 18.2. The van der Waals surface area contributed by atoms with Crippen LogP contribution in [0.5, 0.6) is 0 Å². The van der Waals surface area contributed by atoms with Gasteiger partial charge in [0.05, 0.1) is 18.5 Å². The zero-order chi connectivity index (χ0) is 22.4. The number of carbonyl (C=O) groups is 1. The van der Waals surface area contributed by atoms with Crippen LogP contribution in [0.15, 0.2) is 34.1 Å². The third-order valence-corrected chi connectivity index (χ3v) is 6.29. The Morgan fingerprint density at radius 1 is 1.19 bits per heavy atom. The molecule has 0 radical (unpaired) electrons. The lowest BCUT2D eigenvalue weighted by Gasteiger charge is -2.11. The largest absolute Gasteiger partial charge is 0.462 e. The lowest BCUT2D eigenvalue weighted by atomic mass is 9.95. The number of esters is 1. The van der Waals surface area contributed by atoms with Gasteiger partial charge in [0, 0.05) is 37.2 Å². The van der Waals surface area contributed by atoms with E-state index in [2.05, 4.69) is 9.97 Å². The predicted octanol–water partition coefficient (Wildman–Crippen LogP) is 2.04. The molecule has 1 aliphatic rings. The molecular formula is C23H25N5O4. The van der Waals surface area contributed by atoms with Crippen LogP contribution in [0.4, 0.5) is 0 Å². The van der Waals surface area contributed by atoms with Crippen LogP contribution in [0.1, 0.15) is 40.9 Å². The van der Waals surface area contributed by atoms with E-state index in [1.165, 1.54) is 28.6 Å². The van der Waals surface area contributed by atoms with E-state index in [4.69, 9.17) is 4.74 Å². The second-order valence-corrected chi connectivity index (χ2v) is 8.37. The van der Waals surface area contributed by atoms with Gasteiger partial charge in [-0.3, -0.25) is 13.9 Å². The molecule has 9 heteroatoms. The van der Waals surface area contributed by atoms with E-state index < -0.39 is 17.2 Å². The molecule has 32 heavy (non-hydrogen) atoms. The van der Waals surface area contributed by atoms with Crippen LogP contribution in [-0.2, 0) is 38.2 Å². The molecule has 0 unspecified atom stereocenters. The molecule has 5 rings (SSSR count). The summed E-state index contributed by atoms with van der Waals surface area (Å²) in [6, 6.07) is 5.59. The molecule has 0 bridgehead atoms. The van der Waals surface area contributed by atoms with Gasteiger partial charge in [0.1, 0.15) is 0 Å². The average molecular weight is 435 g/mol. The van der Waals surface area contributed by atoms with Crippen molar-refractivity contribution in [1.82, 2.24) is 23.7 Å². The van der Waals surface area contributed by atoms with Gasteiger partial charge >= 0.3 is 11.7 Å². The molecule has 0 saturated carbocycles. The number of ether oxygens (including phenoxy) is 1. The summed E-state index contributed by atoms with van der Waals surface area (Å²) in [4.78, 5) is 45.4. The van der Waals surface area contributed by atoms with Crippen molar-refractivity contribution in [3.8, 4) is 0 Å². The second kappa shape index (κ2) is 7.81. The van der Waals surface area contributed by atoms with E-state index in [0.29, 0.717) is 23.1 Å². The fourth-order valence-electron chi connectivity index (χ4n) is 4.60. The summed E-state index contributed by atoms with van der Waals surface area (Å²) in [5, 5.41) is 1.09. The van der Waals surface area contributed by atoms with E-state index in [1.807, 2.05) is 12.1 Å². The van der Waals surface area contributed by atoms with Gasteiger partial charge in [0.25, 0.3) is 5.56 Å². The van der Waals surface area contributed by atoms with E-state index >= 15 is 0 Å². The van der Waals surface area contributed by atoms with E-state index in [1.54, 1.807) is 24.7 Å². The Morgan fingerprint density at radius 3 is 2.84 bits per heavy atom. The Balaban J connectivity index is 1.28. The molecule has 1 N–H and O–H groups in total. The second-order valence-electron chi connectivity index (χ2n) is 8.37. The number of rotatable bonds is 5. The summed E-state index contributed by atoms with van der Waals surface area (Å²) in [5.74, 6) is -0.403. The molecule has 9 nitrogen and oxygen atoms in total. The fourth-order valence-corrected chi connectivity index (χ4v) is 4.60. The first-order valence-electron chi connectivity index (χ1n) is 10.9. The highest BCUT2D eigenvalue weighted by Gasteiger charge is 2.18. The van der Waals surface area contributed by atoms with Crippen molar-refractivity contribution < 1.29 is 9.53 Å². The number of hydrogen-bond acceptors (Lipinski definition) is 5. The molecule has 0 saturated heterocycles. The van der Waals surface area contributed by atoms with E-state index in [9.17, 15) is 14.4 Å². The van der Waals surface area contributed by atoms with Crippen molar-refractivity contribution in [1.29, 1.82) is 0 Å². The van der Waals surface area contributed by atoms with Gasteiger partial charge in [-0.1, -0.05) is 0 Å². The van der Waals surface area contributed by atoms with Gasteiger partial charge in [0.2, 0.25) is 0 Å². The van der Waals surface area contributed by atoms with Crippen LogP contribution in [0.25, 0.3) is 22.1 Å². The molecule has 0 amide bonds. The predicted molar refractivity (Wildman–Crippen MR) is 120 cm³/mol. The number of nitrogens with zero attached hydrogens (tertiary/aromatic N) is 4. The maximum atomic E-state index is 12.7. The van der Waals surface area contributed by atoms with Crippen molar-refractivity contribution in [2.24, 2.45) is 14.1 Å². The van der Waals surface area contributed by atoms with Gasteiger partial charge in [-0.25, -0.2) is 14.6 Å². The number of H-pyrrole nitrogens is 1. The molecule has 0 spiro atoms. The minimum Gasteiger partial charge on any atom is -0.462 e. The van der Waals surface area contributed by atoms with Crippen molar-refractivity contribution in [2.75, 3.05) is 6.61 Å². The van der Waals surface area contributed by atoms with Crippen LogP contribution in [0.3, 0.4) is 0 Å². The average Bonchev–Trinajstić information content (AvgIpc) is 3.37. The van der Waals surface area contributed by atoms with Crippen LogP contribution < -0.4 is 11.2 Å². The summed E-state index contributed by atoms with van der Waals surface area (Å²) in [7, 11) is 3.30. The van der Waals surface area contributed by atoms with Gasteiger partial charge in [0.15, 0.2) is 11.2 Å². The molecule has 3 heterocycles. The van der Waals surface area contributed by atoms with E-state index in [0.717, 1.165) is 34.7 Å². The number of hydrogen-bond donors (Lipinski definition) is 1. The summed E-state index contributed by atoms with van der Waals surface area (Å²) in [6.45, 7) is 0.269. The number of carbonyl (C=O) groups excluding carboxylic acids is 1. The first-order valence-corrected chi connectivity index (χ1v) is 10.9. The standard InChI is InChI=1S/C23H25N5O4/c1-26-13-24-20-19(26)21(29)28(23(31)27(20)2)10-5-11-32-22(30)14-8-9-18-16(12-14)15-6-3-4-7-17(15)25-18/h8-9,12-13,25H,3-7,10-11H2,1-2H3. The highest BCUT2D eigenvalue weighted by molar-refractivity contribution is 5.96. The van der Waals surface area contributed by atoms with Crippen molar-refractivity contribution in [3.05, 3.63) is 62.2 Å². The number of imidazole rings is 1. The van der Waals surface area contributed by atoms with Crippen LogP contribution in [-0.4, -0.2) is 36.2 Å². The molecular weight excluding hydrogens is 410 g/mol. The summed E-state index contributed by atoms with van der Waals surface area (Å²) in [6.07, 6.45) is 6.29. The molecule has 0 atom stereocenters. The maximum absolute atomic E-state index is 12.7. The first kappa shape index (κ1) is 20.3. The molecule has 3 aromatic heterocycles. The third-order valence-electron chi connectivity index (χ3n) is 6.29. The lowest BCUT2D eigenvalue weighted by Crippen LogP contribution is -2.39. The monoisotopic (exact) mass is 435 g/mol. The topological polar surface area (TPSA) is 104 Å². The molecule has 4 aromatic rings. The highest BCUT2D eigenvalue weighted by atomic mass is 16.5.